The zero-order valence-electron chi connectivity index (χ0n) is 9.14. The van der Waals surface area contributed by atoms with Crippen molar-refractivity contribution < 1.29 is 9.53 Å². The maximum atomic E-state index is 11.4. The number of rotatable bonds is 1. The molecule has 1 aromatic rings. The molecule has 0 aliphatic carbocycles. The van der Waals surface area contributed by atoms with Gasteiger partial charge in [0.1, 0.15) is 6.17 Å². The molecule has 1 unspecified atom stereocenters. The SMILES string of the molecule is COC(=O)N(N)C1NCCc2ccccc21. The van der Waals surface area contributed by atoms with Crippen LogP contribution in [0.4, 0.5) is 4.79 Å². The largest absolute Gasteiger partial charge is 0.452 e. The van der Waals surface area contributed by atoms with E-state index in [4.69, 9.17) is 5.84 Å². The molecule has 1 heterocycles. The number of amides is 1. The first kappa shape index (κ1) is 10.9. The minimum absolute atomic E-state index is 0.308. The molecule has 1 atom stereocenters. The third-order valence-corrected chi connectivity index (χ3v) is 2.75. The van der Waals surface area contributed by atoms with Crippen molar-refractivity contribution in [1.82, 2.24) is 10.3 Å². The maximum Gasteiger partial charge on any atom is 0.425 e. The van der Waals surface area contributed by atoms with E-state index in [9.17, 15) is 4.79 Å². The molecule has 2 rings (SSSR count). The van der Waals surface area contributed by atoms with E-state index in [0.29, 0.717) is 0 Å². The molecular formula is C11H15N3O2. The molecule has 3 N–H and O–H groups in total. The van der Waals surface area contributed by atoms with Crippen molar-refractivity contribution in [3.8, 4) is 0 Å². The van der Waals surface area contributed by atoms with Gasteiger partial charge in [-0.05, 0) is 17.5 Å². The van der Waals surface area contributed by atoms with Gasteiger partial charge in [-0.1, -0.05) is 24.3 Å². The lowest BCUT2D eigenvalue weighted by atomic mass is 9.98. The Balaban J connectivity index is 2.28. The number of carbonyl (C=O) groups excluding carboxylic acids is 1. The summed E-state index contributed by atoms with van der Waals surface area (Å²) in [6.45, 7) is 0.798. The van der Waals surface area contributed by atoms with Gasteiger partial charge in [-0.2, -0.15) is 0 Å². The Hall–Kier alpha value is -1.59. The second kappa shape index (κ2) is 4.51. The third kappa shape index (κ3) is 1.87. The van der Waals surface area contributed by atoms with Crippen LogP contribution < -0.4 is 11.2 Å². The molecular weight excluding hydrogens is 206 g/mol. The van der Waals surface area contributed by atoms with Crippen LogP contribution in [-0.4, -0.2) is 24.8 Å². The zero-order chi connectivity index (χ0) is 11.5. The summed E-state index contributed by atoms with van der Waals surface area (Å²) >= 11 is 0. The molecule has 0 fully saturated rings. The summed E-state index contributed by atoms with van der Waals surface area (Å²) in [7, 11) is 1.32. The Morgan fingerprint density at radius 1 is 1.56 bits per heavy atom. The van der Waals surface area contributed by atoms with Crippen molar-refractivity contribution in [2.75, 3.05) is 13.7 Å². The Morgan fingerprint density at radius 2 is 2.31 bits per heavy atom. The first-order valence-corrected chi connectivity index (χ1v) is 5.17. The van der Waals surface area contributed by atoms with Crippen LogP contribution in [0.15, 0.2) is 24.3 Å². The van der Waals surface area contributed by atoms with Crippen LogP contribution in [-0.2, 0) is 11.2 Å². The number of hydrazine groups is 1. The van der Waals surface area contributed by atoms with Gasteiger partial charge in [0.15, 0.2) is 0 Å². The fourth-order valence-corrected chi connectivity index (χ4v) is 1.94. The highest BCUT2D eigenvalue weighted by Gasteiger charge is 2.27. The first-order valence-electron chi connectivity index (χ1n) is 5.17. The van der Waals surface area contributed by atoms with E-state index in [1.165, 1.54) is 12.7 Å². The fraction of sp³-hybridized carbons (Fsp3) is 0.364. The molecule has 1 amide bonds. The number of nitrogens with zero attached hydrogens (tertiary/aromatic N) is 1. The van der Waals surface area contributed by atoms with Gasteiger partial charge in [0, 0.05) is 6.54 Å². The summed E-state index contributed by atoms with van der Waals surface area (Å²) in [5, 5.41) is 4.27. The Labute approximate surface area is 94.1 Å². The minimum Gasteiger partial charge on any atom is -0.452 e. The average Bonchev–Trinajstić information content (AvgIpc) is 2.36. The van der Waals surface area contributed by atoms with Gasteiger partial charge in [0.25, 0.3) is 0 Å². The highest BCUT2D eigenvalue weighted by Crippen LogP contribution is 2.24. The lowest BCUT2D eigenvalue weighted by Gasteiger charge is -2.32. The van der Waals surface area contributed by atoms with Crippen LogP contribution >= 0.6 is 0 Å². The molecule has 0 bridgehead atoms. The Kier molecular flexibility index (Phi) is 3.07. The van der Waals surface area contributed by atoms with Gasteiger partial charge in [0.2, 0.25) is 0 Å². The number of nitrogens with one attached hydrogen (secondary N) is 1. The van der Waals surface area contributed by atoms with Gasteiger partial charge >= 0.3 is 6.09 Å². The zero-order valence-corrected chi connectivity index (χ0v) is 9.14. The molecule has 86 valence electrons. The van der Waals surface area contributed by atoms with Gasteiger partial charge in [0.05, 0.1) is 7.11 Å². The van der Waals surface area contributed by atoms with Crippen molar-refractivity contribution in [2.24, 2.45) is 5.84 Å². The predicted molar refractivity (Wildman–Crippen MR) is 59.3 cm³/mol. The van der Waals surface area contributed by atoms with E-state index in [2.05, 4.69) is 10.1 Å². The van der Waals surface area contributed by atoms with Crippen LogP contribution in [0.25, 0.3) is 0 Å². The van der Waals surface area contributed by atoms with Crippen LogP contribution in [0, 0.1) is 0 Å². The molecule has 0 aromatic heterocycles. The quantitative estimate of drug-likeness (QED) is 0.417. The predicted octanol–water partition coefficient (Wildman–Crippen LogP) is 0.773. The number of ether oxygens (including phenoxy) is 1. The van der Waals surface area contributed by atoms with Crippen LogP contribution in [0.3, 0.4) is 0 Å². The molecule has 5 nitrogen and oxygen atoms in total. The van der Waals surface area contributed by atoms with Gasteiger partial charge in [-0.3, -0.25) is 5.32 Å². The molecule has 1 aliphatic heterocycles. The maximum absolute atomic E-state index is 11.4. The van der Waals surface area contributed by atoms with Gasteiger partial charge in [-0.25, -0.2) is 15.6 Å². The first-order chi connectivity index (χ1) is 7.74. The molecule has 0 spiro atoms. The number of hydrogen-bond acceptors (Lipinski definition) is 4. The van der Waals surface area contributed by atoms with Crippen LogP contribution in [0.5, 0.6) is 0 Å². The number of benzene rings is 1. The second-order valence-corrected chi connectivity index (χ2v) is 3.68. The number of nitrogens with two attached hydrogens (primary N) is 1. The molecule has 1 aliphatic rings. The van der Waals surface area contributed by atoms with E-state index >= 15 is 0 Å². The van der Waals surface area contributed by atoms with Crippen molar-refractivity contribution in [3.05, 3.63) is 35.4 Å². The fourth-order valence-electron chi connectivity index (χ4n) is 1.94. The summed E-state index contributed by atoms with van der Waals surface area (Å²) in [4.78, 5) is 11.4. The highest BCUT2D eigenvalue weighted by atomic mass is 16.5. The molecule has 1 aromatic carbocycles. The molecule has 0 radical (unpaired) electrons. The van der Waals surface area contributed by atoms with E-state index in [1.807, 2.05) is 24.3 Å². The number of fused-ring (bicyclic) bond motifs is 1. The van der Waals surface area contributed by atoms with E-state index in [1.54, 1.807) is 0 Å². The lowest BCUT2D eigenvalue weighted by molar-refractivity contribution is 0.0937. The normalized spacial score (nSPS) is 18.8. The third-order valence-electron chi connectivity index (χ3n) is 2.75. The summed E-state index contributed by atoms with van der Waals surface area (Å²) in [5.74, 6) is 5.71. The molecule has 0 saturated heterocycles. The molecule has 16 heavy (non-hydrogen) atoms. The minimum atomic E-state index is -0.547. The van der Waals surface area contributed by atoms with E-state index < -0.39 is 6.09 Å². The van der Waals surface area contributed by atoms with Crippen molar-refractivity contribution in [3.63, 3.8) is 0 Å². The average molecular weight is 221 g/mol. The van der Waals surface area contributed by atoms with E-state index in [0.717, 1.165) is 23.5 Å². The van der Waals surface area contributed by atoms with Crippen molar-refractivity contribution in [1.29, 1.82) is 0 Å². The molecule has 5 heteroatoms. The second-order valence-electron chi connectivity index (χ2n) is 3.68. The van der Waals surface area contributed by atoms with Crippen LogP contribution in [0.1, 0.15) is 17.3 Å². The highest BCUT2D eigenvalue weighted by molar-refractivity contribution is 5.67. The Bertz CT molecular complexity index is 395. The van der Waals surface area contributed by atoms with E-state index in [-0.39, 0.29) is 6.17 Å². The molecule has 0 saturated carbocycles. The summed E-state index contributed by atoms with van der Waals surface area (Å²) < 4.78 is 4.60. The standard InChI is InChI=1S/C11H15N3O2/c1-16-11(15)14(12)10-9-5-3-2-4-8(9)6-7-13-10/h2-5,10,13H,6-7,12H2,1H3. The van der Waals surface area contributed by atoms with Gasteiger partial charge < -0.3 is 4.74 Å². The number of carbonyl (C=O) groups is 1. The number of hydrogen-bond donors (Lipinski definition) is 2. The number of methoxy groups -OCH3 is 1. The van der Waals surface area contributed by atoms with Crippen molar-refractivity contribution >= 4 is 6.09 Å². The smallest absolute Gasteiger partial charge is 0.425 e. The van der Waals surface area contributed by atoms with Gasteiger partial charge in [-0.15, -0.1) is 0 Å². The topological polar surface area (TPSA) is 67.6 Å². The summed E-state index contributed by atoms with van der Waals surface area (Å²) in [6, 6.07) is 7.94. The van der Waals surface area contributed by atoms with Crippen LogP contribution in [0.2, 0.25) is 0 Å². The van der Waals surface area contributed by atoms with Crippen molar-refractivity contribution in [2.45, 2.75) is 12.6 Å². The summed E-state index contributed by atoms with van der Waals surface area (Å²) in [5.41, 5.74) is 2.24. The summed E-state index contributed by atoms with van der Waals surface area (Å²) in [6.07, 6.45) is 0.0911. The lowest BCUT2D eigenvalue weighted by Crippen LogP contribution is -2.49. The monoisotopic (exact) mass is 221 g/mol. The Morgan fingerprint density at radius 3 is 3.06 bits per heavy atom.